The van der Waals surface area contributed by atoms with Crippen LogP contribution in [0.2, 0.25) is 0 Å². The van der Waals surface area contributed by atoms with Crippen LogP contribution in [0.5, 0.6) is 0 Å². The van der Waals surface area contributed by atoms with Crippen LogP contribution in [-0.4, -0.2) is 17.0 Å². The molecular weight excluding hydrogens is 178 g/mol. The predicted molar refractivity (Wildman–Crippen MR) is 52.5 cm³/mol. The Bertz CT molecular complexity index is 397. The van der Waals surface area contributed by atoms with Crippen LogP contribution in [0.25, 0.3) is 11.5 Å². The highest BCUT2D eigenvalue weighted by Gasteiger charge is 2.04. The van der Waals surface area contributed by atoms with E-state index in [2.05, 4.69) is 15.3 Å². The normalized spacial score (nSPS) is 10.4. The van der Waals surface area contributed by atoms with Gasteiger partial charge >= 0.3 is 0 Å². The van der Waals surface area contributed by atoms with E-state index in [4.69, 9.17) is 4.42 Å². The molecule has 0 bridgehead atoms. The van der Waals surface area contributed by atoms with Gasteiger partial charge in [-0.1, -0.05) is 0 Å². The molecule has 0 unspecified atom stereocenters. The fourth-order valence-corrected chi connectivity index (χ4v) is 1.19. The Morgan fingerprint density at radius 1 is 1.43 bits per heavy atom. The number of rotatable bonds is 3. The molecule has 0 aromatic carbocycles. The zero-order chi connectivity index (χ0) is 9.80. The van der Waals surface area contributed by atoms with Crippen molar-refractivity contribution in [3.8, 4) is 11.5 Å². The van der Waals surface area contributed by atoms with Crippen molar-refractivity contribution in [1.82, 2.24) is 15.3 Å². The molecule has 4 heteroatoms. The van der Waals surface area contributed by atoms with E-state index >= 15 is 0 Å². The molecule has 0 aliphatic carbocycles. The quantitative estimate of drug-likeness (QED) is 0.794. The number of nitrogens with one attached hydrogen (secondary N) is 1. The van der Waals surface area contributed by atoms with Gasteiger partial charge < -0.3 is 9.73 Å². The van der Waals surface area contributed by atoms with Crippen LogP contribution in [0.1, 0.15) is 5.76 Å². The number of hydrogen-bond acceptors (Lipinski definition) is 4. The van der Waals surface area contributed by atoms with Crippen LogP contribution in [0.15, 0.2) is 35.1 Å². The standard InChI is InChI=1S/C10H11N3O/c1-11-6-9-7-13-10(14-9)8-3-2-4-12-5-8/h2-5,7,11H,6H2,1H3. The minimum absolute atomic E-state index is 0.614. The van der Waals surface area contributed by atoms with Gasteiger partial charge in [0.25, 0.3) is 0 Å². The van der Waals surface area contributed by atoms with Crippen molar-refractivity contribution in [2.75, 3.05) is 7.05 Å². The lowest BCUT2D eigenvalue weighted by Gasteiger charge is -1.93. The van der Waals surface area contributed by atoms with Crippen molar-refractivity contribution >= 4 is 0 Å². The van der Waals surface area contributed by atoms with E-state index in [1.165, 1.54) is 0 Å². The summed E-state index contributed by atoms with van der Waals surface area (Å²) in [6.45, 7) is 0.688. The van der Waals surface area contributed by atoms with E-state index in [0.717, 1.165) is 11.3 Å². The van der Waals surface area contributed by atoms with Gasteiger partial charge in [-0.15, -0.1) is 0 Å². The third-order valence-corrected chi connectivity index (χ3v) is 1.81. The van der Waals surface area contributed by atoms with Gasteiger partial charge in [0.1, 0.15) is 5.76 Å². The molecule has 0 atom stereocenters. The summed E-state index contributed by atoms with van der Waals surface area (Å²) in [5, 5.41) is 3.00. The zero-order valence-corrected chi connectivity index (χ0v) is 7.90. The second-order valence-electron chi connectivity index (χ2n) is 2.90. The average molecular weight is 189 g/mol. The highest BCUT2D eigenvalue weighted by molar-refractivity contribution is 5.50. The zero-order valence-electron chi connectivity index (χ0n) is 7.90. The molecule has 1 N–H and O–H groups in total. The van der Waals surface area contributed by atoms with Crippen LogP contribution >= 0.6 is 0 Å². The summed E-state index contributed by atoms with van der Waals surface area (Å²) in [7, 11) is 1.87. The Balaban J connectivity index is 2.25. The first-order chi connectivity index (χ1) is 6.90. The number of hydrogen-bond donors (Lipinski definition) is 1. The summed E-state index contributed by atoms with van der Waals surface area (Å²) in [4.78, 5) is 8.16. The number of nitrogens with zero attached hydrogens (tertiary/aromatic N) is 2. The molecule has 0 radical (unpaired) electrons. The Morgan fingerprint density at radius 2 is 2.36 bits per heavy atom. The molecule has 72 valence electrons. The minimum atomic E-state index is 0.614. The first kappa shape index (κ1) is 8.90. The van der Waals surface area contributed by atoms with Crippen LogP contribution in [-0.2, 0) is 6.54 Å². The molecule has 4 nitrogen and oxygen atoms in total. The monoisotopic (exact) mass is 189 g/mol. The molecule has 2 aromatic heterocycles. The summed E-state index contributed by atoms with van der Waals surface area (Å²) in [5.74, 6) is 1.44. The maximum absolute atomic E-state index is 5.50. The molecule has 0 aliphatic rings. The third kappa shape index (κ3) is 1.80. The molecule has 0 amide bonds. The minimum Gasteiger partial charge on any atom is -0.440 e. The average Bonchev–Trinajstić information content (AvgIpc) is 2.68. The van der Waals surface area contributed by atoms with E-state index in [0.29, 0.717) is 12.4 Å². The van der Waals surface area contributed by atoms with Gasteiger partial charge in [-0.05, 0) is 19.2 Å². The van der Waals surface area contributed by atoms with Gasteiger partial charge in [-0.3, -0.25) is 4.98 Å². The predicted octanol–water partition coefficient (Wildman–Crippen LogP) is 1.46. The summed E-state index contributed by atoms with van der Waals surface area (Å²) in [5.41, 5.74) is 0.898. The Morgan fingerprint density at radius 3 is 3.07 bits per heavy atom. The first-order valence-electron chi connectivity index (χ1n) is 4.40. The highest BCUT2D eigenvalue weighted by atomic mass is 16.4. The molecule has 2 rings (SSSR count). The van der Waals surface area contributed by atoms with Gasteiger partial charge in [-0.25, -0.2) is 4.98 Å². The van der Waals surface area contributed by atoms with Gasteiger partial charge in [0.2, 0.25) is 5.89 Å². The van der Waals surface area contributed by atoms with Crippen LogP contribution in [0.4, 0.5) is 0 Å². The smallest absolute Gasteiger partial charge is 0.227 e. The number of aromatic nitrogens is 2. The Kier molecular flexibility index (Phi) is 2.55. The largest absolute Gasteiger partial charge is 0.440 e. The van der Waals surface area contributed by atoms with Crippen LogP contribution < -0.4 is 5.32 Å². The van der Waals surface area contributed by atoms with Crippen molar-refractivity contribution in [2.24, 2.45) is 0 Å². The lowest BCUT2D eigenvalue weighted by atomic mass is 10.3. The van der Waals surface area contributed by atoms with Gasteiger partial charge in [-0.2, -0.15) is 0 Å². The number of pyridine rings is 1. The molecule has 2 aromatic rings. The Hall–Kier alpha value is -1.68. The molecular formula is C10H11N3O. The summed E-state index contributed by atoms with van der Waals surface area (Å²) in [6.07, 6.45) is 5.18. The van der Waals surface area contributed by atoms with E-state index in [9.17, 15) is 0 Å². The molecule has 0 fully saturated rings. The van der Waals surface area contributed by atoms with Gasteiger partial charge in [0, 0.05) is 12.4 Å². The second-order valence-corrected chi connectivity index (χ2v) is 2.90. The van der Waals surface area contributed by atoms with Crippen LogP contribution in [0.3, 0.4) is 0 Å². The topological polar surface area (TPSA) is 51.0 Å². The lowest BCUT2D eigenvalue weighted by Crippen LogP contribution is -2.03. The van der Waals surface area contributed by atoms with E-state index < -0.39 is 0 Å². The van der Waals surface area contributed by atoms with E-state index in [1.54, 1.807) is 18.6 Å². The van der Waals surface area contributed by atoms with E-state index in [-0.39, 0.29) is 0 Å². The van der Waals surface area contributed by atoms with Crippen molar-refractivity contribution < 1.29 is 4.42 Å². The molecule has 0 saturated heterocycles. The van der Waals surface area contributed by atoms with Crippen LogP contribution in [0, 0.1) is 0 Å². The van der Waals surface area contributed by atoms with Crippen molar-refractivity contribution in [3.05, 3.63) is 36.5 Å². The Labute approximate surface area is 82.0 Å². The molecule has 0 spiro atoms. The maximum Gasteiger partial charge on any atom is 0.227 e. The fraction of sp³-hybridized carbons (Fsp3) is 0.200. The second kappa shape index (κ2) is 4.02. The van der Waals surface area contributed by atoms with Gasteiger partial charge in [0.15, 0.2) is 0 Å². The molecule has 0 saturated carbocycles. The SMILES string of the molecule is CNCc1cnc(-c2cccnc2)o1. The molecule has 14 heavy (non-hydrogen) atoms. The highest BCUT2D eigenvalue weighted by Crippen LogP contribution is 2.17. The maximum atomic E-state index is 5.50. The lowest BCUT2D eigenvalue weighted by molar-refractivity contribution is 0.503. The van der Waals surface area contributed by atoms with Crippen molar-refractivity contribution in [1.29, 1.82) is 0 Å². The summed E-state index contributed by atoms with van der Waals surface area (Å²) < 4.78 is 5.50. The fourth-order valence-electron chi connectivity index (χ4n) is 1.19. The first-order valence-corrected chi connectivity index (χ1v) is 4.40. The van der Waals surface area contributed by atoms with Crippen molar-refractivity contribution in [3.63, 3.8) is 0 Å². The van der Waals surface area contributed by atoms with E-state index in [1.807, 2.05) is 19.2 Å². The van der Waals surface area contributed by atoms with Gasteiger partial charge in [0.05, 0.1) is 18.3 Å². The summed E-state index contributed by atoms with van der Waals surface area (Å²) in [6, 6.07) is 3.78. The third-order valence-electron chi connectivity index (χ3n) is 1.81. The van der Waals surface area contributed by atoms with Crippen molar-refractivity contribution in [2.45, 2.75) is 6.54 Å². The molecule has 2 heterocycles. The summed E-state index contributed by atoms with van der Waals surface area (Å²) >= 11 is 0. The number of oxazole rings is 1. The molecule has 0 aliphatic heterocycles.